The first-order valence-corrected chi connectivity index (χ1v) is 13.2. The average Bonchev–Trinajstić information content (AvgIpc) is 3.40. The lowest BCUT2D eigenvalue weighted by atomic mass is 10.1. The quantitative estimate of drug-likeness (QED) is 0.373. The molecule has 0 radical (unpaired) electrons. The number of ketones is 1. The van der Waals surface area contributed by atoms with Crippen LogP contribution in [0.25, 0.3) is 0 Å². The molecule has 1 aromatic carbocycles. The van der Waals surface area contributed by atoms with Gasteiger partial charge in [0.2, 0.25) is 11.8 Å². The monoisotopic (exact) mass is 539 g/mol. The number of hydrogen-bond acceptors (Lipinski definition) is 6. The number of hydrogen-bond donors (Lipinski definition) is 0. The summed E-state index contributed by atoms with van der Waals surface area (Å²) in [6, 6.07) is 6.90. The molecule has 0 saturated carbocycles. The zero-order valence-corrected chi connectivity index (χ0v) is 21.4. The number of Topliss-reactive ketones (excluding diaryl/α,β-unsaturated/α-hetero) is 1. The number of alkyl halides is 3. The standard InChI is InChI=1S/C26H34F3N4O5/c27-26(28,29)25(37)38-33(17-14-30(15-18-33)19-24(36)31-11-3-4-12-31)16-6-5-13-32-21-8-2-1-7-20(21)22(34)9-10-23(32)35/h1-2,7-8H,3-6,9-19H2/q+1. The zero-order chi connectivity index (χ0) is 27.3. The van der Waals surface area contributed by atoms with Gasteiger partial charge in [0.05, 0.1) is 25.3 Å². The largest absolute Gasteiger partial charge is 0.497 e. The molecule has 0 unspecified atom stereocenters. The van der Waals surface area contributed by atoms with Crippen molar-refractivity contribution in [3.8, 4) is 0 Å². The topological polar surface area (TPSA) is 87.2 Å². The Balaban J connectivity index is 1.36. The summed E-state index contributed by atoms with van der Waals surface area (Å²) in [6.07, 6.45) is -2.07. The number of carbonyl (C=O) groups is 4. The molecule has 3 aliphatic heterocycles. The van der Waals surface area contributed by atoms with Gasteiger partial charge in [0, 0.05) is 44.5 Å². The highest BCUT2D eigenvalue weighted by molar-refractivity contribution is 6.10. The highest BCUT2D eigenvalue weighted by Gasteiger charge is 2.49. The van der Waals surface area contributed by atoms with Crippen LogP contribution in [0.15, 0.2) is 24.3 Å². The Morgan fingerprint density at radius 1 is 0.947 bits per heavy atom. The van der Waals surface area contributed by atoms with Crippen LogP contribution in [0.3, 0.4) is 0 Å². The van der Waals surface area contributed by atoms with Crippen molar-refractivity contribution in [3.63, 3.8) is 0 Å². The van der Waals surface area contributed by atoms with Crippen LogP contribution in [0.5, 0.6) is 0 Å². The Bertz CT molecular complexity index is 1050. The van der Waals surface area contributed by atoms with Gasteiger partial charge in [-0.2, -0.15) is 13.2 Å². The average molecular weight is 540 g/mol. The van der Waals surface area contributed by atoms with Gasteiger partial charge in [-0.3, -0.25) is 24.1 Å². The number of rotatable bonds is 8. The summed E-state index contributed by atoms with van der Waals surface area (Å²) in [5.74, 6) is -2.49. The number of unbranched alkanes of at least 4 members (excludes halogenated alkanes) is 1. The normalized spacial score (nSPS) is 20.3. The van der Waals surface area contributed by atoms with Gasteiger partial charge >= 0.3 is 12.1 Å². The molecule has 2 fully saturated rings. The van der Waals surface area contributed by atoms with Crippen LogP contribution in [0.1, 0.15) is 48.9 Å². The number of likely N-dealkylation sites (tertiary alicyclic amines) is 1. The second-order valence-electron chi connectivity index (χ2n) is 10.2. The van der Waals surface area contributed by atoms with Gasteiger partial charge in [0.25, 0.3) is 0 Å². The maximum absolute atomic E-state index is 13.1. The maximum Gasteiger partial charge on any atom is 0.497 e. The summed E-state index contributed by atoms with van der Waals surface area (Å²) in [5.41, 5.74) is 1.03. The van der Waals surface area contributed by atoms with E-state index in [0.717, 1.165) is 25.9 Å². The Labute approximate surface area is 219 Å². The molecule has 2 amide bonds. The summed E-state index contributed by atoms with van der Waals surface area (Å²) in [6.45, 7) is 3.02. The third kappa shape index (κ3) is 6.71. The highest BCUT2D eigenvalue weighted by atomic mass is 19.4. The minimum absolute atomic E-state index is 0.00988. The van der Waals surface area contributed by atoms with Gasteiger partial charge < -0.3 is 9.80 Å². The molecule has 0 N–H and O–H groups in total. The number of fused-ring (bicyclic) bond motifs is 1. The van der Waals surface area contributed by atoms with Crippen LogP contribution in [-0.4, -0.2) is 103 Å². The number of anilines is 1. The first kappa shape index (κ1) is 28.0. The molecular weight excluding hydrogens is 505 g/mol. The molecular formula is C26H34F3N4O5+. The molecule has 0 aromatic heterocycles. The van der Waals surface area contributed by atoms with Crippen LogP contribution in [0.4, 0.5) is 18.9 Å². The number of para-hydroxylation sites is 1. The lowest BCUT2D eigenvalue weighted by Gasteiger charge is -2.41. The number of nitrogens with zero attached hydrogens (tertiary/aromatic N) is 4. The first-order valence-electron chi connectivity index (χ1n) is 13.2. The van der Waals surface area contributed by atoms with E-state index in [2.05, 4.69) is 0 Å². The Morgan fingerprint density at radius 3 is 2.32 bits per heavy atom. The van der Waals surface area contributed by atoms with Gasteiger partial charge in [-0.1, -0.05) is 12.1 Å². The molecule has 9 nitrogen and oxygen atoms in total. The van der Waals surface area contributed by atoms with Gasteiger partial charge in [-0.15, -0.1) is 4.65 Å². The molecule has 4 rings (SSSR count). The van der Waals surface area contributed by atoms with E-state index in [1.54, 1.807) is 34.1 Å². The lowest BCUT2D eigenvalue weighted by Crippen LogP contribution is -2.62. The van der Waals surface area contributed by atoms with Crippen molar-refractivity contribution in [1.29, 1.82) is 0 Å². The van der Waals surface area contributed by atoms with Crippen molar-refractivity contribution in [3.05, 3.63) is 29.8 Å². The van der Waals surface area contributed by atoms with Crippen LogP contribution >= 0.6 is 0 Å². The van der Waals surface area contributed by atoms with Crippen molar-refractivity contribution < 1.29 is 41.8 Å². The number of hydroxylamine groups is 3. The summed E-state index contributed by atoms with van der Waals surface area (Å²) >= 11 is 0. The third-order valence-corrected chi connectivity index (χ3v) is 7.53. The van der Waals surface area contributed by atoms with Crippen molar-refractivity contribution in [2.45, 2.75) is 44.7 Å². The van der Waals surface area contributed by atoms with Crippen LogP contribution in [0, 0.1) is 0 Å². The van der Waals surface area contributed by atoms with E-state index in [4.69, 9.17) is 4.84 Å². The van der Waals surface area contributed by atoms with Gasteiger partial charge in [0.15, 0.2) is 5.78 Å². The minimum atomic E-state index is -5.11. The van der Waals surface area contributed by atoms with Gasteiger partial charge in [-0.25, -0.2) is 4.79 Å². The molecule has 0 spiro atoms. The van der Waals surface area contributed by atoms with E-state index in [-0.39, 0.29) is 56.6 Å². The minimum Gasteiger partial charge on any atom is -0.342 e. The van der Waals surface area contributed by atoms with Crippen molar-refractivity contribution in [2.24, 2.45) is 0 Å². The van der Waals surface area contributed by atoms with Gasteiger partial charge in [-0.05, 0) is 31.4 Å². The van der Waals surface area contributed by atoms with E-state index in [9.17, 15) is 32.3 Å². The van der Waals surface area contributed by atoms with Crippen molar-refractivity contribution in [2.75, 3.05) is 63.8 Å². The second kappa shape index (κ2) is 11.8. The predicted molar refractivity (Wildman–Crippen MR) is 131 cm³/mol. The van der Waals surface area contributed by atoms with Crippen LogP contribution in [-0.2, 0) is 19.2 Å². The number of quaternary nitrogens is 1. The fraction of sp³-hybridized carbons (Fsp3) is 0.615. The molecule has 2 saturated heterocycles. The maximum atomic E-state index is 13.1. The number of amides is 2. The predicted octanol–water partition coefficient (Wildman–Crippen LogP) is 2.55. The highest BCUT2D eigenvalue weighted by Crippen LogP contribution is 2.28. The summed E-state index contributed by atoms with van der Waals surface area (Å²) in [4.78, 5) is 59.6. The van der Waals surface area contributed by atoms with Crippen LogP contribution < -0.4 is 4.90 Å². The second-order valence-corrected chi connectivity index (χ2v) is 10.2. The lowest BCUT2D eigenvalue weighted by molar-refractivity contribution is -1.09. The Kier molecular flexibility index (Phi) is 8.71. The molecule has 3 aliphatic rings. The fourth-order valence-electron chi connectivity index (χ4n) is 5.36. The van der Waals surface area contributed by atoms with E-state index < -0.39 is 16.8 Å². The fourth-order valence-corrected chi connectivity index (χ4v) is 5.36. The number of halogens is 3. The smallest absolute Gasteiger partial charge is 0.342 e. The Hall–Kier alpha value is -2.99. The molecule has 1 aromatic rings. The third-order valence-electron chi connectivity index (χ3n) is 7.53. The zero-order valence-electron chi connectivity index (χ0n) is 21.4. The molecule has 208 valence electrons. The molecule has 0 aliphatic carbocycles. The Morgan fingerprint density at radius 2 is 1.63 bits per heavy atom. The number of benzene rings is 1. The van der Waals surface area contributed by atoms with E-state index >= 15 is 0 Å². The summed E-state index contributed by atoms with van der Waals surface area (Å²) < 4.78 is 38.7. The molecule has 38 heavy (non-hydrogen) atoms. The number of carbonyl (C=O) groups excluding carboxylic acids is 4. The number of piperazine rings is 1. The van der Waals surface area contributed by atoms with E-state index in [1.807, 2.05) is 4.90 Å². The van der Waals surface area contributed by atoms with E-state index in [0.29, 0.717) is 43.7 Å². The van der Waals surface area contributed by atoms with Crippen molar-refractivity contribution in [1.82, 2.24) is 9.80 Å². The molecule has 3 heterocycles. The van der Waals surface area contributed by atoms with Crippen LogP contribution in [0.2, 0.25) is 0 Å². The van der Waals surface area contributed by atoms with Gasteiger partial charge in [0.1, 0.15) is 19.6 Å². The van der Waals surface area contributed by atoms with E-state index in [1.165, 1.54) is 0 Å². The molecule has 12 heteroatoms. The molecule has 0 atom stereocenters. The SMILES string of the molecule is O=C1CCC(=O)N(CCCC[N+]2(OC(=O)C(F)(F)F)CCN(CC(=O)N3CCCC3)CC2)c2ccccc21. The van der Waals surface area contributed by atoms with Crippen molar-refractivity contribution >= 4 is 29.3 Å². The summed E-state index contributed by atoms with van der Waals surface area (Å²) in [5, 5.41) is 0. The molecule has 0 bridgehead atoms. The summed E-state index contributed by atoms with van der Waals surface area (Å²) in [7, 11) is 0. The first-order chi connectivity index (χ1) is 18.1.